The fourth-order valence-corrected chi connectivity index (χ4v) is 1.85. The predicted molar refractivity (Wildman–Crippen MR) is 69.1 cm³/mol. The maximum atomic E-state index is 11.8. The van der Waals surface area contributed by atoms with Crippen LogP contribution in [0.1, 0.15) is 5.56 Å². The monoisotopic (exact) mass is 313 g/mol. The molecule has 0 aliphatic rings. The van der Waals surface area contributed by atoms with E-state index in [0.717, 1.165) is 12.0 Å². The normalized spacial score (nSPS) is 10.5. The lowest BCUT2D eigenvalue weighted by atomic mass is 10.2. The molecule has 0 aromatic carbocycles. The molecule has 0 aliphatic heterocycles. The Hall–Kier alpha value is -1.20. The first-order valence-corrected chi connectivity index (χ1v) is 6.15. The van der Waals surface area contributed by atoms with E-state index >= 15 is 0 Å². The minimum atomic E-state index is -0.172. The Morgan fingerprint density at radius 3 is 3.00 bits per heavy atom. The van der Waals surface area contributed by atoms with Crippen LogP contribution in [-0.2, 0) is 13.0 Å². The molecule has 0 unspecified atom stereocenters. The molecule has 0 radical (unpaired) electrons. The highest BCUT2D eigenvalue weighted by atomic mass is 79.9. The Labute approximate surface area is 111 Å². The Kier molecular flexibility index (Phi) is 3.91. The highest BCUT2D eigenvalue weighted by molar-refractivity contribution is 9.10. The van der Waals surface area contributed by atoms with Crippen LogP contribution in [0.4, 0.5) is 0 Å². The summed E-state index contributed by atoms with van der Waals surface area (Å²) in [5.41, 5.74) is 0.902. The van der Waals surface area contributed by atoms with E-state index in [4.69, 9.17) is 11.6 Å². The van der Waals surface area contributed by atoms with Gasteiger partial charge < -0.3 is 0 Å². The van der Waals surface area contributed by atoms with Crippen molar-refractivity contribution in [2.45, 2.75) is 13.0 Å². The van der Waals surface area contributed by atoms with Gasteiger partial charge in [0.2, 0.25) is 0 Å². The topological polar surface area (TPSA) is 47.8 Å². The summed E-state index contributed by atoms with van der Waals surface area (Å²) in [6.07, 6.45) is 5.68. The average Bonchev–Trinajstić information content (AvgIpc) is 2.36. The van der Waals surface area contributed by atoms with Crippen molar-refractivity contribution in [3.05, 3.63) is 56.4 Å². The maximum absolute atomic E-state index is 11.8. The van der Waals surface area contributed by atoms with Crippen LogP contribution in [0, 0.1) is 0 Å². The summed E-state index contributed by atoms with van der Waals surface area (Å²) in [6, 6.07) is 3.84. The van der Waals surface area contributed by atoms with E-state index < -0.39 is 0 Å². The molecule has 0 N–H and O–H groups in total. The van der Waals surface area contributed by atoms with Gasteiger partial charge in [-0.3, -0.25) is 14.3 Å². The largest absolute Gasteiger partial charge is 0.298 e. The second-order valence-electron chi connectivity index (χ2n) is 3.46. The number of rotatable bonds is 3. The second kappa shape index (κ2) is 5.42. The zero-order chi connectivity index (χ0) is 12.3. The van der Waals surface area contributed by atoms with E-state index in [1.54, 1.807) is 12.4 Å². The van der Waals surface area contributed by atoms with Crippen molar-refractivity contribution in [3.8, 4) is 0 Å². The number of aromatic nitrogens is 3. The third-order valence-corrected chi connectivity index (χ3v) is 3.53. The summed E-state index contributed by atoms with van der Waals surface area (Å²) >= 11 is 8.84. The molecular weight excluding hydrogens is 305 g/mol. The zero-order valence-electron chi connectivity index (χ0n) is 8.81. The molecule has 0 amide bonds. The van der Waals surface area contributed by atoms with E-state index in [9.17, 15) is 4.79 Å². The quantitative estimate of drug-likeness (QED) is 0.817. The molecule has 17 heavy (non-hydrogen) atoms. The third-order valence-electron chi connectivity index (χ3n) is 2.30. The summed E-state index contributed by atoms with van der Waals surface area (Å²) in [5.74, 6) is 0. The van der Waals surface area contributed by atoms with E-state index in [1.807, 2.05) is 12.1 Å². The Balaban J connectivity index is 2.16. The molecule has 0 fully saturated rings. The number of pyridine rings is 1. The van der Waals surface area contributed by atoms with Crippen LogP contribution in [0.25, 0.3) is 0 Å². The SMILES string of the molecule is O=c1c(Br)c(Cl)ncn1CCc1cccnc1. The van der Waals surface area contributed by atoms with Gasteiger partial charge in [0.25, 0.3) is 5.56 Å². The molecule has 88 valence electrons. The van der Waals surface area contributed by atoms with Gasteiger partial charge in [0.15, 0.2) is 5.15 Å². The standard InChI is InChI=1S/C11H9BrClN3O/c12-9-10(13)15-7-16(11(9)17)5-3-8-2-1-4-14-6-8/h1-2,4,6-7H,3,5H2. The number of nitrogens with zero attached hydrogens (tertiary/aromatic N) is 3. The zero-order valence-corrected chi connectivity index (χ0v) is 11.1. The fraction of sp³-hybridized carbons (Fsp3) is 0.182. The maximum Gasteiger partial charge on any atom is 0.269 e. The van der Waals surface area contributed by atoms with Gasteiger partial charge in [0.1, 0.15) is 4.47 Å². The van der Waals surface area contributed by atoms with Gasteiger partial charge >= 0.3 is 0 Å². The average molecular weight is 315 g/mol. The minimum Gasteiger partial charge on any atom is -0.298 e. The van der Waals surface area contributed by atoms with Crippen molar-refractivity contribution in [3.63, 3.8) is 0 Å². The van der Waals surface area contributed by atoms with Crippen molar-refractivity contribution >= 4 is 27.5 Å². The van der Waals surface area contributed by atoms with Crippen molar-refractivity contribution in [2.75, 3.05) is 0 Å². The summed E-state index contributed by atoms with van der Waals surface area (Å²) < 4.78 is 1.82. The highest BCUT2D eigenvalue weighted by Crippen LogP contribution is 2.13. The molecule has 2 rings (SSSR count). The van der Waals surface area contributed by atoms with Gasteiger partial charge in [-0.05, 0) is 34.0 Å². The smallest absolute Gasteiger partial charge is 0.269 e. The second-order valence-corrected chi connectivity index (χ2v) is 4.61. The predicted octanol–water partition coefficient (Wildman–Crippen LogP) is 2.30. The Morgan fingerprint density at radius 2 is 2.29 bits per heavy atom. The molecule has 0 saturated heterocycles. The lowest BCUT2D eigenvalue weighted by molar-refractivity contribution is 0.650. The van der Waals surface area contributed by atoms with Crippen molar-refractivity contribution in [2.24, 2.45) is 0 Å². The van der Waals surface area contributed by atoms with Gasteiger partial charge in [0, 0.05) is 18.9 Å². The van der Waals surface area contributed by atoms with Crippen LogP contribution >= 0.6 is 27.5 Å². The molecule has 2 heterocycles. The lowest BCUT2D eigenvalue weighted by Crippen LogP contribution is -2.22. The van der Waals surface area contributed by atoms with Gasteiger partial charge in [0.05, 0.1) is 6.33 Å². The summed E-state index contributed by atoms with van der Waals surface area (Å²) in [5, 5.41) is 0.188. The molecule has 0 atom stereocenters. The van der Waals surface area contributed by atoms with Crippen LogP contribution in [0.2, 0.25) is 5.15 Å². The van der Waals surface area contributed by atoms with Gasteiger partial charge in [-0.15, -0.1) is 0 Å². The Morgan fingerprint density at radius 1 is 1.47 bits per heavy atom. The fourth-order valence-electron chi connectivity index (χ4n) is 1.40. The summed E-state index contributed by atoms with van der Waals surface area (Å²) in [7, 11) is 0. The molecule has 2 aromatic heterocycles. The van der Waals surface area contributed by atoms with Crippen LogP contribution in [0.3, 0.4) is 0 Å². The first-order valence-electron chi connectivity index (χ1n) is 4.98. The van der Waals surface area contributed by atoms with Crippen LogP contribution in [-0.4, -0.2) is 14.5 Å². The molecule has 4 nitrogen and oxygen atoms in total. The molecule has 0 saturated carbocycles. The van der Waals surface area contributed by atoms with E-state index in [-0.39, 0.29) is 10.7 Å². The third kappa shape index (κ3) is 2.92. The van der Waals surface area contributed by atoms with E-state index in [1.165, 1.54) is 10.9 Å². The van der Waals surface area contributed by atoms with Crippen LogP contribution in [0.5, 0.6) is 0 Å². The van der Waals surface area contributed by atoms with Crippen LogP contribution in [0.15, 0.2) is 40.1 Å². The molecular formula is C11H9BrClN3O. The minimum absolute atomic E-state index is 0.172. The van der Waals surface area contributed by atoms with Gasteiger partial charge in [-0.25, -0.2) is 4.98 Å². The van der Waals surface area contributed by atoms with Gasteiger partial charge in [-0.1, -0.05) is 17.7 Å². The number of aryl methyl sites for hydroxylation is 2. The molecule has 0 bridgehead atoms. The number of halogens is 2. The van der Waals surface area contributed by atoms with Gasteiger partial charge in [-0.2, -0.15) is 0 Å². The first-order chi connectivity index (χ1) is 8.18. The molecule has 0 spiro atoms. The molecule has 2 aromatic rings. The summed E-state index contributed by atoms with van der Waals surface area (Å²) in [4.78, 5) is 19.7. The van der Waals surface area contributed by atoms with E-state index in [2.05, 4.69) is 25.9 Å². The lowest BCUT2D eigenvalue weighted by Gasteiger charge is -2.05. The number of hydrogen-bond acceptors (Lipinski definition) is 3. The number of hydrogen-bond donors (Lipinski definition) is 0. The highest BCUT2D eigenvalue weighted by Gasteiger charge is 2.06. The van der Waals surface area contributed by atoms with Crippen molar-refractivity contribution < 1.29 is 0 Å². The summed E-state index contributed by atoms with van der Waals surface area (Å²) in [6.45, 7) is 0.549. The van der Waals surface area contributed by atoms with Crippen molar-refractivity contribution in [1.29, 1.82) is 0 Å². The van der Waals surface area contributed by atoms with Crippen LogP contribution < -0.4 is 5.56 Å². The Bertz CT molecular complexity index is 571. The van der Waals surface area contributed by atoms with E-state index in [0.29, 0.717) is 11.0 Å². The first kappa shape index (κ1) is 12.3. The van der Waals surface area contributed by atoms with Crippen molar-refractivity contribution in [1.82, 2.24) is 14.5 Å². The molecule has 0 aliphatic carbocycles. The molecule has 6 heteroatoms.